The lowest BCUT2D eigenvalue weighted by Crippen LogP contribution is -2.46. The van der Waals surface area contributed by atoms with Crippen LogP contribution in [0.15, 0.2) is 18.5 Å². The number of ether oxygens (including phenoxy) is 2. The number of aromatic nitrogens is 1. The van der Waals surface area contributed by atoms with Gasteiger partial charge in [0.2, 0.25) is 11.8 Å². The van der Waals surface area contributed by atoms with E-state index in [-0.39, 0.29) is 30.1 Å². The Morgan fingerprint density at radius 3 is 2.46 bits per heavy atom. The average Bonchev–Trinajstić information content (AvgIpc) is 2.90. The van der Waals surface area contributed by atoms with Crippen molar-refractivity contribution >= 4 is 23.9 Å². The maximum absolute atomic E-state index is 13.2. The second-order valence-corrected chi connectivity index (χ2v) is 11.4. The predicted octanol–water partition coefficient (Wildman–Crippen LogP) is 3.17. The number of rotatable bonds is 8. The first kappa shape index (κ1) is 30.2. The fourth-order valence-corrected chi connectivity index (χ4v) is 5.06. The number of aromatic hydroxyl groups is 1. The molecule has 2 aliphatic rings. The van der Waals surface area contributed by atoms with Crippen molar-refractivity contribution in [3.63, 3.8) is 0 Å². The molecule has 3 amide bonds. The first-order chi connectivity index (χ1) is 18.4. The molecule has 0 saturated carbocycles. The second-order valence-electron chi connectivity index (χ2n) is 11.4. The summed E-state index contributed by atoms with van der Waals surface area (Å²) < 4.78 is 10.2. The number of pyridine rings is 1. The molecule has 11 nitrogen and oxygen atoms in total. The van der Waals surface area contributed by atoms with Crippen molar-refractivity contribution in [1.29, 1.82) is 0 Å². The van der Waals surface area contributed by atoms with Crippen molar-refractivity contribution in [2.24, 2.45) is 11.8 Å². The maximum atomic E-state index is 13.2. The minimum Gasteiger partial charge on any atom is -0.506 e. The molecule has 39 heavy (non-hydrogen) atoms. The standard InChI is InChI=1S/C28H42N4O7/c1-28(2,3)39-27(37)31-12-9-19(10-13-31)7-8-24(34)32-11-5-6-20(18-32)26(36)30-23(15-25(35)38-4)21-14-22(33)17-29-16-21/h14,16-17,19-20,23,33H,5-13,15,18H2,1-4H3,(H,30,36). The molecule has 0 radical (unpaired) electrons. The lowest BCUT2D eigenvalue weighted by Gasteiger charge is -2.35. The first-order valence-corrected chi connectivity index (χ1v) is 13.7. The van der Waals surface area contributed by atoms with Gasteiger partial charge in [0, 0.05) is 38.8 Å². The Kier molecular flexibility index (Phi) is 10.5. The molecule has 2 saturated heterocycles. The van der Waals surface area contributed by atoms with E-state index >= 15 is 0 Å². The third-order valence-corrected chi connectivity index (χ3v) is 7.24. The highest BCUT2D eigenvalue weighted by Gasteiger charge is 2.32. The van der Waals surface area contributed by atoms with Gasteiger partial charge in [0.05, 0.1) is 31.7 Å². The SMILES string of the molecule is COC(=O)CC(NC(=O)C1CCCN(C(=O)CCC2CCN(C(=O)OC(C)(C)C)CC2)C1)c1cncc(O)c1. The molecule has 2 unspecified atom stereocenters. The van der Waals surface area contributed by atoms with Crippen molar-refractivity contribution in [1.82, 2.24) is 20.1 Å². The summed E-state index contributed by atoms with van der Waals surface area (Å²) in [5.74, 6) is -0.816. The fourth-order valence-electron chi connectivity index (χ4n) is 5.06. The van der Waals surface area contributed by atoms with Crippen LogP contribution in [0.4, 0.5) is 4.79 Å². The van der Waals surface area contributed by atoms with Gasteiger partial charge < -0.3 is 29.7 Å². The van der Waals surface area contributed by atoms with Crippen molar-refractivity contribution in [2.45, 2.75) is 77.4 Å². The summed E-state index contributed by atoms with van der Waals surface area (Å²) in [4.78, 5) is 57.8. The van der Waals surface area contributed by atoms with E-state index in [1.54, 1.807) is 9.80 Å². The van der Waals surface area contributed by atoms with E-state index in [1.165, 1.54) is 25.6 Å². The summed E-state index contributed by atoms with van der Waals surface area (Å²) in [6.07, 6.45) is 6.56. The molecule has 0 bridgehead atoms. The molecule has 11 heteroatoms. The zero-order valence-electron chi connectivity index (χ0n) is 23.5. The molecule has 0 spiro atoms. The summed E-state index contributed by atoms with van der Waals surface area (Å²) >= 11 is 0. The number of carbonyl (C=O) groups excluding carboxylic acids is 4. The van der Waals surface area contributed by atoms with Crippen LogP contribution >= 0.6 is 0 Å². The van der Waals surface area contributed by atoms with Crippen LogP contribution in [0.5, 0.6) is 5.75 Å². The molecule has 2 fully saturated rings. The molecule has 2 atom stereocenters. The summed E-state index contributed by atoms with van der Waals surface area (Å²) in [6, 6.07) is 0.748. The van der Waals surface area contributed by atoms with Crippen LogP contribution in [0.2, 0.25) is 0 Å². The van der Waals surface area contributed by atoms with Gasteiger partial charge in [0.25, 0.3) is 0 Å². The van der Waals surface area contributed by atoms with Crippen LogP contribution in [-0.4, -0.2) is 82.7 Å². The lowest BCUT2D eigenvalue weighted by molar-refractivity contribution is -0.141. The highest BCUT2D eigenvalue weighted by molar-refractivity contribution is 5.82. The number of nitrogens with one attached hydrogen (secondary N) is 1. The Labute approximate surface area is 230 Å². The number of nitrogens with zero attached hydrogens (tertiary/aromatic N) is 3. The van der Waals surface area contributed by atoms with Crippen LogP contribution in [-0.2, 0) is 23.9 Å². The quantitative estimate of drug-likeness (QED) is 0.474. The molecule has 3 heterocycles. The zero-order valence-corrected chi connectivity index (χ0v) is 23.5. The highest BCUT2D eigenvalue weighted by Crippen LogP contribution is 2.26. The third kappa shape index (κ3) is 9.40. The number of carbonyl (C=O) groups is 4. The van der Waals surface area contributed by atoms with E-state index in [9.17, 15) is 24.3 Å². The van der Waals surface area contributed by atoms with Crippen LogP contribution in [0.3, 0.4) is 0 Å². The molecular weight excluding hydrogens is 504 g/mol. The normalized spacial score (nSPS) is 19.2. The van der Waals surface area contributed by atoms with Crippen molar-refractivity contribution < 1.29 is 33.8 Å². The Hall–Kier alpha value is -3.37. The van der Waals surface area contributed by atoms with Crippen LogP contribution in [0.1, 0.15) is 77.3 Å². The average molecular weight is 547 g/mol. The van der Waals surface area contributed by atoms with Gasteiger partial charge in [-0.25, -0.2) is 4.79 Å². The second kappa shape index (κ2) is 13.6. The molecule has 2 aliphatic heterocycles. The van der Waals surface area contributed by atoms with E-state index in [1.807, 2.05) is 20.8 Å². The van der Waals surface area contributed by atoms with Gasteiger partial charge in [0.1, 0.15) is 11.4 Å². The van der Waals surface area contributed by atoms with Gasteiger partial charge in [-0.3, -0.25) is 19.4 Å². The van der Waals surface area contributed by atoms with Gasteiger partial charge in [0.15, 0.2) is 0 Å². The van der Waals surface area contributed by atoms with Crippen LogP contribution < -0.4 is 5.32 Å². The number of methoxy groups -OCH3 is 1. The lowest BCUT2D eigenvalue weighted by atomic mass is 9.91. The highest BCUT2D eigenvalue weighted by atomic mass is 16.6. The topological polar surface area (TPSA) is 138 Å². The van der Waals surface area contributed by atoms with E-state index in [4.69, 9.17) is 9.47 Å². The van der Waals surface area contributed by atoms with Crippen molar-refractivity contribution in [3.05, 3.63) is 24.0 Å². The van der Waals surface area contributed by atoms with Gasteiger partial charge in [-0.05, 0) is 70.4 Å². The molecule has 1 aromatic rings. The summed E-state index contributed by atoms with van der Waals surface area (Å²) in [6.45, 7) is 7.75. The smallest absolute Gasteiger partial charge is 0.410 e. The minimum atomic E-state index is -0.706. The Morgan fingerprint density at radius 2 is 1.82 bits per heavy atom. The first-order valence-electron chi connectivity index (χ1n) is 13.7. The van der Waals surface area contributed by atoms with E-state index < -0.39 is 23.5 Å². The molecule has 216 valence electrons. The number of piperidine rings is 2. The minimum absolute atomic E-state index is 0.0327. The molecule has 3 rings (SSSR count). The van der Waals surface area contributed by atoms with Crippen molar-refractivity contribution in [3.8, 4) is 5.75 Å². The fraction of sp³-hybridized carbons (Fsp3) is 0.679. The van der Waals surface area contributed by atoms with Gasteiger partial charge in [-0.15, -0.1) is 0 Å². The number of hydrogen-bond acceptors (Lipinski definition) is 8. The van der Waals surface area contributed by atoms with Crippen LogP contribution in [0, 0.1) is 11.8 Å². The van der Waals surface area contributed by atoms with Crippen molar-refractivity contribution in [2.75, 3.05) is 33.3 Å². The summed E-state index contributed by atoms with van der Waals surface area (Å²) in [7, 11) is 1.27. The number of esters is 1. The monoisotopic (exact) mass is 546 g/mol. The zero-order chi connectivity index (χ0) is 28.6. The Morgan fingerprint density at radius 1 is 1.10 bits per heavy atom. The molecule has 0 aromatic carbocycles. The van der Waals surface area contributed by atoms with Crippen LogP contribution in [0.25, 0.3) is 0 Å². The summed E-state index contributed by atoms with van der Waals surface area (Å²) in [5, 5.41) is 12.7. The van der Waals surface area contributed by atoms with E-state index in [0.717, 1.165) is 19.3 Å². The summed E-state index contributed by atoms with van der Waals surface area (Å²) in [5.41, 5.74) is -0.0247. The van der Waals surface area contributed by atoms with Gasteiger partial charge in [-0.2, -0.15) is 0 Å². The molecule has 0 aliphatic carbocycles. The number of likely N-dealkylation sites (tertiary alicyclic amines) is 2. The van der Waals surface area contributed by atoms with E-state index in [2.05, 4.69) is 10.3 Å². The van der Waals surface area contributed by atoms with Gasteiger partial charge in [-0.1, -0.05) is 0 Å². The Bertz CT molecular complexity index is 1020. The van der Waals surface area contributed by atoms with Gasteiger partial charge >= 0.3 is 12.1 Å². The van der Waals surface area contributed by atoms with E-state index in [0.29, 0.717) is 56.9 Å². The largest absolute Gasteiger partial charge is 0.506 e. The third-order valence-electron chi connectivity index (χ3n) is 7.24. The Balaban J connectivity index is 1.48. The molecule has 2 N–H and O–H groups in total. The molecular formula is C28H42N4O7. The number of hydrogen-bond donors (Lipinski definition) is 2. The maximum Gasteiger partial charge on any atom is 0.410 e. The number of amides is 3. The molecule has 1 aromatic heterocycles. The predicted molar refractivity (Wildman–Crippen MR) is 142 cm³/mol.